The second-order valence-corrected chi connectivity index (χ2v) is 5.39. The summed E-state index contributed by atoms with van der Waals surface area (Å²) in [6.07, 6.45) is 0.926. The lowest BCUT2D eigenvalue weighted by atomic mass is 10.1. The van der Waals surface area contributed by atoms with Crippen molar-refractivity contribution in [3.8, 4) is 5.75 Å². The van der Waals surface area contributed by atoms with E-state index in [-0.39, 0.29) is 11.9 Å². The highest BCUT2D eigenvalue weighted by Gasteiger charge is 2.10. The van der Waals surface area contributed by atoms with E-state index in [1.54, 1.807) is 38.5 Å². The minimum absolute atomic E-state index is 0.225. The zero-order chi connectivity index (χ0) is 17.1. The Balaban J connectivity index is 2.66. The third kappa shape index (κ3) is 7.65. The van der Waals surface area contributed by atoms with Crippen LogP contribution in [0.25, 0.3) is 0 Å². The van der Waals surface area contributed by atoms with Crippen molar-refractivity contribution in [1.29, 1.82) is 0 Å². The first kappa shape index (κ1) is 19.0. The summed E-state index contributed by atoms with van der Waals surface area (Å²) in [5.74, 6) is 0.966. The molecule has 0 aliphatic rings. The van der Waals surface area contributed by atoms with Crippen molar-refractivity contribution in [2.24, 2.45) is 10.9 Å². The van der Waals surface area contributed by atoms with Gasteiger partial charge in [0.25, 0.3) is 11.9 Å². The van der Waals surface area contributed by atoms with Crippen LogP contribution < -0.4 is 10.1 Å². The van der Waals surface area contributed by atoms with Crippen molar-refractivity contribution in [3.05, 3.63) is 29.8 Å². The largest absolute Gasteiger partial charge is 0.497 e. The van der Waals surface area contributed by atoms with Crippen LogP contribution in [0.5, 0.6) is 5.75 Å². The van der Waals surface area contributed by atoms with E-state index in [1.807, 2.05) is 0 Å². The molecule has 0 spiro atoms. The van der Waals surface area contributed by atoms with Crippen LogP contribution >= 0.6 is 0 Å². The molecule has 6 heteroatoms. The normalized spacial score (nSPS) is 11.4. The number of carbonyl (C=O) groups is 1. The summed E-state index contributed by atoms with van der Waals surface area (Å²) in [7, 11) is 3.17. The van der Waals surface area contributed by atoms with Crippen molar-refractivity contribution in [1.82, 2.24) is 5.32 Å². The number of amidine groups is 1. The molecule has 0 atom stereocenters. The Morgan fingerprint density at radius 2 is 1.87 bits per heavy atom. The summed E-state index contributed by atoms with van der Waals surface area (Å²) in [6.45, 7) is 5.61. The number of nitrogens with zero attached hydrogens (tertiary/aromatic N) is 1. The van der Waals surface area contributed by atoms with Gasteiger partial charge in [-0.25, -0.2) is 4.99 Å². The molecule has 1 N–H and O–H groups in total. The van der Waals surface area contributed by atoms with Crippen LogP contribution in [0.3, 0.4) is 0 Å². The smallest absolute Gasteiger partial charge is 0.291 e. The van der Waals surface area contributed by atoms with Crippen molar-refractivity contribution < 1.29 is 19.0 Å². The summed E-state index contributed by atoms with van der Waals surface area (Å²) in [4.78, 5) is 16.6. The maximum absolute atomic E-state index is 12.2. The molecule has 0 aromatic heterocycles. The fourth-order valence-corrected chi connectivity index (χ4v) is 1.68. The molecule has 0 aliphatic carbocycles. The molecule has 0 unspecified atom stereocenters. The molecule has 0 saturated carbocycles. The number of hydrogen-bond donors (Lipinski definition) is 1. The van der Waals surface area contributed by atoms with E-state index in [4.69, 9.17) is 14.2 Å². The van der Waals surface area contributed by atoms with Gasteiger partial charge in [-0.15, -0.1) is 0 Å². The number of benzene rings is 1. The Labute approximate surface area is 137 Å². The molecule has 0 heterocycles. The maximum atomic E-state index is 12.2. The first-order valence-electron chi connectivity index (χ1n) is 7.68. The Bertz CT molecular complexity index is 498. The second kappa shape index (κ2) is 10.6. The van der Waals surface area contributed by atoms with Crippen molar-refractivity contribution in [2.75, 3.05) is 34.0 Å². The van der Waals surface area contributed by atoms with Gasteiger partial charge in [0.1, 0.15) is 12.4 Å². The summed E-state index contributed by atoms with van der Waals surface area (Å²) < 4.78 is 15.5. The molecule has 1 aromatic rings. The highest BCUT2D eigenvalue weighted by Crippen LogP contribution is 2.11. The van der Waals surface area contributed by atoms with E-state index in [9.17, 15) is 4.79 Å². The van der Waals surface area contributed by atoms with Crippen molar-refractivity contribution in [2.45, 2.75) is 20.3 Å². The molecule has 1 rings (SSSR count). The molecule has 0 saturated heterocycles. The zero-order valence-electron chi connectivity index (χ0n) is 14.3. The first-order chi connectivity index (χ1) is 11.1. The topological polar surface area (TPSA) is 69.2 Å². The van der Waals surface area contributed by atoms with Gasteiger partial charge in [-0.05, 0) is 36.6 Å². The van der Waals surface area contributed by atoms with Gasteiger partial charge < -0.3 is 14.2 Å². The van der Waals surface area contributed by atoms with Crippen LogP contribution in [-0.2, 0) is 9.47 Å². The number of hydrogen-bond acceptors (Lipinski definition) is 5. The van der Waals surface area contributed by atoms with Crippen molar-refractivity contribution >= 4 is 11.9 Å². The second-order valence-electron chi connectivity index (χ2n) is 5.39. The summed E-state index contributed by atoms with van der Waals surface area (Å²) in [6, 6.07) is 7.07. The summed E-state index contributed by atoms with van der Waals surface area (Å²) in [5, 5.41) is 2.70. The van der Waals surface area contributed by atoms with E-state index in [1.165, 1.54) is 0 Å². The molecular weight excluding hydrogens is 296 g/mol. The van der Waals surface area contributed by atoms with Gasteiger partial charge in [0.15, 0.2) is 0 Å². The van der Waals surface area contributed by atoms with Crippen LogP contribution in [0.4, 0.5) is 0 Å². The molecule has 1 amide bonds. The number of carbonyl (C=O) groups excluding carboxylic acids is 1. The Hall–Kier alpha value is -2.08. The average molecular weight is 322 g/mol. The number of amides is 1. The lowest BCUT2D eigenvalue weighted by Gasteiger charge is -2.11. The predicted octanol–water partition coefficient (Wildman–Crippen LogP) is 2.49. The SMILES string of the molecule is COCCOC(=NCCC(C)C)NC(=O)c1ccc(OC)cc1. The highest BCUT2D eigenvalue weighted by molar-refractivity contribution is 6.04. The van der Waals surface area contributed by atoms with Gasteiger partial charge in [-0.1, -0.05) is 13.8 Å². The molecule has 128 valence electrons. The van der Waals surface area contributed by atoms with Gasteiger partial charge in [0, 0.05) is 19.2 Å². The van der Waals surface area contributed by atoms with E-state index in [2.05, 4.69) is 24.2 Å². The van der Waals surface area contributed by atoms with Gasteiger partial charge in [-0.2, -0.15) is 0 Å². The van der Waals surface area contributed by atoms with Crippen molar-refractivity contribution in [3.63, 3.8) is 0 Å². The molecule has 0 bridgehead atoms. The molecule has 6 nitrogen and oxygen atoms in total. The number of aliphatic imine (C=N–C) groups is 1. The van der Waals surface area contributed by atoms with Crippen LogP contribution in [0, 0.1) is 5.92 Å². The molecule has 1 aromatic carbocycles. The van der Waals surface area contributed by atoms with Crippen LogP contribution in [0.15, 0.2) is 29.3 Å². The van der Waals surface area contributed by atoms with Gasteiger partial charge in [0.2, 0.25) is 0 Å². The summed E-state index contributed by atoms with van der Waals surface area (Å²) >= 11 is 0. The minimum atomic E-state index is -0.270. The predicted molar refractivity (Wildman–Crippen MR) is 90.0 cm³/mol. The zero-order valence-corrected chi connectivity index (χ0v) is 14.3. The van der Waals surface area contributed by atoms with Crippen LogP contribution in [0.2, 0.25) is 0 Å². The summed E-state index contributed by atoms with van der Waals surface area (Å²) in [5.41, 5.74) is 0.512. The van der Waals surface area contributed by atoms with Crippen LogP contribution in [0.1, 0.15) is 30.6 Å². The number of rotatable bonds is 8. The third-order valence-corrected chi connectivity index (χ3v) is 3.06. The molecular formula is C17H26N2O4. The third-order valence-electron chi connectivity index (χ3n) is 3.06. The van der Waals surface area contributed by atoms with E-state index in [0.29, 0.717) is 37.0 Å². The van der Waals surface area contributed by atoms with E-state index >= 15 is 0 Å². The monoisotopic (exact) mass is 322 g/mol. The maximum Gasteiger partial charge on any atom is 0.291 e. The van der Waals surface area contributed by atoms with Crippen LogP contribution in [-0.4, -0.2) is 45.9 Å². The standard InChI is InChI=1S/C17H26N2O4/c1-13(2)9-10-18-17(23-12-11-21-3)19-16(20)14-5-7-15(22-4)8-6-14/h5-8,13H,9-12H2,1-4H3,(H,18,19,20). The van der Waals surface area contributed by atoms with Gasteiger partial charge in [-0.3, -0.25) is 10.1 Å². The Morgan fingerprint density at radius 3 is 2.43 bits per heavy atom. The Morgan fingerprint density at radius 1 is 1.17 bits per heavy atom. The Kier molecular flexibility index (Phi) is 8.75. The van der Waals surface area contributed by atoms with E-state index in [0.717, 1.165) is 6.42 Å². The number of ether oxygens (including phenoxy) is 3. The lowest BCUT2D eigenvalue weighted by Crippen LogP contribution is -2.33. The highest BCUT2D eigenvalue weighted by atomic mass is 16.5. The van der Waals surface area contributed by atoms with E-state index < -0.39 is 0 Å². The van der Waals surface area contributed by atoms with Gasteiger partial charge in [0.05, 0.1) is 13.7 Å². The number of nitrogens with one attached hydrogen (secondary N) is 1. The lowest BCUT2D eigenvalue weighted by molar-refractivity contribution is 0.0954. The minimum Gasteiger partial charge on any atom is -0.497 e. The molecule has 0 fully saturated rings. The molecule has 23 heavy (non-hydrogen) atoms. The quantitative estimate of drug-likeness (QED) is 0.453. The fourth-order valence-electron chi connectivity index (χ4n) is 1.68. The van der Waals surface area contributed by atoms with Gasteiger partial charge >= 0.3 is 0 Å². The average Bonchev–Trinajstić information content (AvgIpc) is 2.54. The fraction of sp³-hybridized carbons (Fsp3) is 0.529. The first-order valence-corrected chi connectivity index (χ1v) is 7.68. The number of methoxy groups -OCH3 is 2. The molecule has 0 radical (unpaired) electrons. The molecule has 0 aliphatic heterocycles.